The van der Waals surface area contributed by atoms with Gasteiger partial charge in [0.05, 0.1) is 19.0 Å². The van der Waals surface area contributed by atoms with Crippen molar-refractivity contribution in [1.82, 2.24) is 24.7 Å². The molecule has 0 atom stereocenters. The predicted octanol–water partition coefficient (Wildman–Crippen LogP) is 4.25. The van der Waals surface area contributed by atoms with E-state index in [9.17, 15) is 0 Å². The molecule has 0 saturated carbocycles. The number of benzene rings is 1. The van der Waals surface area contributed by atoms with Crippen LogP contribution in [0.3, 0.4) is 0 Å². The Morgan fingerprint density at radius 2 is 1.97 bits per heavy atom. The molecule has 0 aliphatic carbocycles. The fourth-order valence-electron chi connectivity index (χ4n) is 3.11. The molecule has 8 nitrogen and oxygen atoms in total. The van der Waals surface area contributed by atoms with E-state index >= 15 is 0 Å². The summed E-state index contributed by atoms with van der Waals surface area (Å²) in [5.41, 5.74) is 3.61. The number of anilines is 3. The Labute approximate surface area is 175 Å². The van der Waals surface area contributed by atoms with Crippen LogP contribution in [0.2, 0.25) is 0 Å². The van der Waals surface area contributed by atoms with Gasteiger partial charge in [-0.25, -0.2) is 15.0 Å². The first-order chi connectivity index (χ1) is 14.5. The normalized spacial score (nSPS) is 11.1. The van der Waals surface area contributed by atoms with Crippen LogP contribution >= 0.6 is 0 Å². The largest absolute Gasteiger partial charge is 0.495 e. The molecule has 3 heterocycles. The number of nitrogens with one attached hydrogen (secondary N) is 2. The Balaban J connectivity index is 1.64. The second-order valence-corrected chi connectivity index (χ2v) is 7.51. The lowest BCUT2D eigenvalue weighted by molar-refractivity contribution is 0.417. The number of ether oxygens (including phenoxy) is 1. The summed E-state index contributed by atoms with van der Waals surface area (Å²) in [4.78, 5) is 13.6. The Bertz CT molecular complexity index is 1170. The lowest BCUT2D eigenvalue weighted by atomic mass is 10.1. The molecule has 1 aromatic carbocycles. The molecule has 0 unspecified atom stereocenters. The molecule has 3 aromatic heterocycles. The van der Waals surface area contributed by atoms with E-state index in [0.29, 0.717) is 17.6 Å². The van der Waals surface area contributed by atoms with Crippen molar-refractivity contribution >= 4 is 28.4 Å². The van der Waals surface area contributed by atoms with Crippen molar-refractivity contribution in [1.29, 1.82) is 0 Å². The molecule has 154 valence electrons. The van der Waals surface area contributed by atoms with Crippen LogP contribution in [0, 0.1) is 5.92 Å². The van der Waals surface area contributed by atoms with Gasteiger partial charge in [0.1, 0.15) is 11.3 Å². The van der Waals surface area contributed by atoms with Crippen LogP contribution in [0.1, 0.15) is 13.8 Å². The van der Waals surface area contributed by atoms with Gasteiger partial charge in [-0.1, -0.05) is 19.9 Å². The van der Waals surface area contributed by atoms with Gasteiger partial charge >= 0.3 is 0 Å². The first-order valence-electron chi connectivity index (χ1n) is 9.83. The molecule has 0 radical (unpaired) electrons. The van der Waals surface area contributed by atoms with E-state index in [2.05, 4.69) is 39.5 Å². The van der Waals surface area contributed by atoms with Crippen LogP contribution in [-0.4, -0.2) is 38.4 Å². The number of fused-ring (bicyclic) bond motifs is 1. The highest BCUT2D eigenvalue weighted by Gasteiger charge is 2.11. The van der Waals surface area contributed by atoms with Crippen LogP contribution in [0.25, 0.3) is 22.0 Å². The number of hydrogen-bond donors (Lipinski definition) is 2. The molecule has 0 aliphatic rings. The molecule has 4 rings (SSSR count). The van der Waals surface area contributed by atoms with Gasteiger partial charge in [-0.3, -0.25) is 4.68 Å². The molecule has 0 amide bonds. The van der Waals surface area contributed by atoms with Crippen LogP contribution in [0.5, 0.6) is 5.75 Å². The van der Waals surface area contributed by atoms with Crippen molar-refractivity contribution in [3.8, 4) is 16.9 Å². The van der Waals surface area contributed by atoms with Crippen molar-refractivity contribution in [2.45, 2.75) is 13.8 Å². The van der Waals surface area contributed by atoms with Gasteiger partial charge in [0.25, 0.3) is 0 Å². The molecule has 0 spiro atoms. The minimum atomic E-state index is 0.482. The number of aromatic nitrogens is 5. The molecule has 0 aliphatic heterocycles. The Kier molecular flexibility index (Phi) is 5.47. The lowest BCUT2D eigenvalue weighted by Gasteiger charge is -2.13. The maximum Gasteiger partial charge on any atom is 0.227 e. The Hall–Kier alpha value is -3.68. The SMILES string of the molecule is COc1cc(-c2cnn(C)c2)ccc1Nc1ncc2ccnc(NCC(C)C)c2n1. The molecule has 30 heavy (non-hydrogen) atoms. The highest BCUT2D eigenvalue weighted by molar-refractivity contribution is 5.88. The molecule has 8 heteroatoms. The van der Waals surface area contributed by atoms with Gasteiger partial charge in [-0.2, -0.15) is 5.10 Å². The van der Waals surface area contributed by atoms with Crippen LogP contribution in [0.4, 0.5) is 17.5 Å². The summed E-state index contributed by atoms with van der Waals surface area (Å²) >= 11 is 0. The maximum atomic E-state index is 5.59. The second kappa shape index (κ2) is 8.36. The molecular weight excluding hydrogens is 378 g/mol. The molecule has 0 bridgehead atoms. The summed E-state index contributed by atoms with van der Waals surface area (Å²) < 4.78 is 7.37. The predicted molar refractivity (Wildman–Crippen MR) is 119 cm³/mol. The maximum absolute atomic E-state index is 5.59. The minimum absolute atomic E-state index is 0.482. The fraction of sp³-hybridized carbons (Fsp3) is 0.273. The van der Waals surface area contributed by atoms with E-state index in [4.69, 9.17) is 9.72 Å². The molecule has 0 fully saturated rings. The molecular formula is C22H25N7O. The monoisotopic (exact) mass is 403 g/mol. The van der Waals surface area contributed by atoms with Crippen LogP contribution < -0.4 is 15.4 Å². The third kappa shape index (κ3) is 4.17. The van der Waals surface area contributed by atoms with Gasteiger partial charge in [-0.15, -0.1) is 0 Å². The number of pyridine rings is 1. The van der Waals surface area contributed by atoms with Crippen molar-refractivity contribution in [3.05, 3.63) is 49.1 Å². The van der Waals surface area contributed by atoms with E-state index in [1.165, 1.54) is 0 Å². The summed E-state index contributed by atoms with van der Waals surface area (Å²) in [5.74, 6) is 2.44. The van der Waals surface area contributed by atoms with Crippen molar-refractivity contribution in [3.63, 3.8) is 0 Å². The number of aryl methyl sites for hydroxylation is 1. The zero-order chi connectivity index (χ0) is 21.1. The zero-order valence-corrected chi connectivity index (χ0v) is 17.5. The molecule has 4 aromatic rings. The Morgan fingerprint density at radius 3 is 2.70 bits per heavy atom. The summed E-state index contributed by atoms with van der Waals surface area (Å²) in [5, 5.41) is 11.8. The average Bonchev–Trinajstić information content (AvgIpc) is 3.18. The van der Waals surface area contributed by atoms with Gasteiger partial charge in [0.15, 0.2) is 5.82 Å². The quantitative estimate of drug-likeness (QED) is 0.477. The first kappa shape index (κ1) is 19.6. The standard InChI is InChI=1S/C22H25N7O/c1-14(2)10-24-21-20-16(7-8-23-21)11-25-22(28-20)27-18-6-5-15(9-19(18)30-4)17-12-26-29(3)13-17/h5-9,11-14H,10H2,1-4H3,(H,23,24)(H,25,27,28). The summed E-state index contributed by atoms with van der Waals surface area (Å²) in [6, 6.07) is 7.84. The third-order valence-corrected chi connectivity index (χ3v) is 4.66. The highest BCUT2D eigenvalue weighted by atomic mass is 16.5. The Morgan fingerprint density at radius 1 is 1.10 bits per heavy atom. The van der Waals surface area contributed by atoms with Crippen LogP contribution in [0.15, 0.2) is 49.1 Å². The number of rotatable bonds is 7. The average molecular weight is 403 g/mol. The van der Waals surface area contributed by atoms with Crippen LogP contribution in [-0.2, 0) is 7.05 Å². The van der Waals surface area contributed by atoms with Gasteiger partial charge in [-0.05, 0) is 29.7 Å². The van der Waals surface area contributed by atoms with Crippen molar-refractivity contribution in [2.75, 3.05) is 24.3 Å². The lowest BCUT2D eigenvalue weighted by Crippen LogP contribution is -2.10. The molecule has 2 N–H and O–H groups in total. The minimum Gasteiger partial charge on any atom is -0.495 e. The highest BCUT2D eigenvalue weighted by Crippen LogP contribution is 2.32. The van der Waals surface area contributed by atoms with Gasteiger partial charge in [0.2, 0.25) is 5.95 Å². The van der Waals surface area contributed by atoms with E-state index in [0.717, 1.165) is 40.1 Å². The zero-order valence-electron chi connectivity index (χ0n) is 17.5. The fourth-order valence-corrected chi connectivity index (χ4v) is 3.11. The third-order valence-electron chi connectivity index (χ3n) is 4.66. The topological polar surface area (TPSA) is 89.8 Å². The second-order valence-electron chi connectivity index (χ2n) is 7.51. The summed E-state index contributed by atoms with van der Waals surface area (Å²) in [6.45, 7) is 5.13. The smallest absolute Gasteiger partial charge is 0.227 e. The first-order valence-corrected chi connectivity index (χ1v) is 9.83. The number of hydrogen-bond acceptors (Lipinski definition) is 7. The van der Waals surface area contributed by atoms with Gasteiger partial charge in [0, 0.05) is 43.1 Å². The van der Waals surface area contributed by atoms with E-state index in [1.807, 2.05) is 43.7 Å². The van der Waals surface area contributed by atoms with E-state index in [-0.39, 0.29) is 0 Å². The van der Waals surface area contributed by atoms with Crippen molar-refractivity contribution < 1.29 is 4.74 Å². The van der Waals surface area contributed by atoms with Crippen molar-refractivity contribution in [2.24, 2.45) is 13.0 Å². The number of nitrogens with zero attached hydrogens (tertiary/aromatic N) is 5. The van der Waals surface area contributed by atoms with E-state index in [1.54, 1.807) is 24.2 Å². The molecule has 0 saturated heterocycles. The number of methoxy groups -OCH3 is 1. The van der Waals surface area contributed by atoms with Gasteiger partial charge < -0.3 is 15.4 Å². The summed E-state index contributed by atoms with van der Waals surface area (Å²) in [7, 11) is 3.54. The summed E-state index contributed by atoms with van der Waals surface area (Å²) in [6.07, 6.45) is 7.35. The van der Waals surface area contributed by atoms with E-state index < -0.39 is 0 Å².